The fourth-order valence-electron chi connectivity index (χ4n) is 3.27. The lowest BCUT2D eigenvalue weighted by Crippen LogP contribution is -2.44. The van der Waals surface area contributed by atoms with Gasteiger partial charge in [-0.05, 0) is 43.0 Å². The van der Waals surface area contributed by atoms with Gasteiger partial charge in [-0.15, -0.1) is 0 Å². The van der Waals surface area contributed by atoms with Crippen molar-refractivity contribution in [2.75, 3.05) is 31.1 Å². The van der Waals surface area contributed by atoms with E-state index in [2.05, 4.69) is 10.6 Å². The highest BCUT2D eigenvalue weighted by atomic mass is 32.2. The number of hydrogen-bond acceptors (Lipinski definition) is 5. The van der Waals surface area contributed by atoms with Gasteiger partial charge in [0.05, 0.1) is 11.4 Å². The van der Waals surface area contributed by atoms with Crippen molar-refractivity contribution in [3.63, 3.8) is 0 Å². The van der Waals surface area contributed by atoms with Gasteiger partial charge in [0.25, 0.3) is 0 Å². The zero-order valence-corrected chi connectivity index (χ0v) is 16.5. The molecular weight excluding hydrogens is 368 g/mol. The van der Waals surface area contributed by atoms with Crippen molar-refractivity contribution in [1.82, 2.24) is 14.9 Å². The first-order valence-corrected chi connectivity index (χ1v) is 10.8. The third-order valence-electron chi connectivity index (χ3n) is 4.89. The summed E-state index contributed by atoms with van der Waals surface area (Å²) in [6.45, 7) is 5.15. The maximum Gasteiger partial charge on any atom is 0.321 e. The van der Waals surface area contributed by atoms with Crippen LogP contribution in [0.25, 0.3) is 0 Å². The number of benzene rings is 1. The molecule has 3 amide bonds. The largest absolute Gasteiger partial charge is 0.362 e. The van der Waals surface area contributed by atoms with Crippen LogP contribution in [-0.4, -0.2) is 56.9 Å². The fourth-order valence-corrected chi connectivity index (χ4v) is 4.78. The van der Waals surface area contributed by atoms with Gasteiger partial charge in [0.15, 0.2) is 0 Å². The number of nitrogens with zero attached hydrogens (tertiary/aromatic N) is 2. The summed E-state index contributed by atoms with van der Waals surface area (Å²) in [6, 6.07) is 4.76. The highest BCUT2D eigenvalue weighted by Crippen LogP contribution is 2.30. The monoisotopic (exact) mass is 394 g/mol. The first kappa shape index (κ1) is 19.6. The maximum atomic E-state index is 12.7. The van der Waals surface area contributed by atoms with E-state index in [1.807, 2.05) is 18.7 Å². The van der Waals surface area contributed by atoms with E-state index in [1.54, 1.807) is 18.2 Å². The van der Waals surface area contributed by atoms with Crippen LogP contribution in [0.5, 0.6) is 0 Å². The van der Waals surface area contributed by atoms with Gasteiger partial charge in [-0.1, -0.05) is 13.8 Å². The highest BCUT2D eigenvalue weighted by Gasteiger charge is 2.28. The third-order valence-corrected chi connectivity index (χ3v) is 6.93. The third kappa shape index (κ3) is 4.41. The molecule has 2 N–H and O–H groups in total. The first-order chi connectivity index (χ1) is 12.8. The molecule has 1 aromatic carbocycles. The number of hydrogen-bond donors (Lipinski definition) is 2. The van der Waals surface area contributed by atoms with Gasteiger partial charge in [-0.25, -0.2) is 13.2 Å². The minimum absolute atomic E-state index is 0.0627. The molecule has 0 spiro atoms. The number of carbonyl (C=O) groups excluding carboxylic acids is 2. The van der Waals surface area contributed by atoms with Crippen LogP contribution in [0.3, 0.4) is 0 Å². The normalized spacial score (nSPS) is 16.3. The number of imide groups is 1. The van der Waals surface area contributed by atoms with Gasteiger partial charge in [-0.3, -0.25) is 10.1 Å². The Morgan fingerprint density at radius 3 is 2.56 bits per heavy atom. The molecule has 1 fully saturated rings. The molecule has 3 rings (SSSR count). The van der Waals surface area contributed by atoms with Gasteiger partial charge >= 0.3 is 6.03 Å². The summed E-state index contributed by atoms with van der Waals surface area (Å²) in [4.78, 5) is 25.9. The van der Waals surface area contributed by atoms with Crippen LogP contribution in [0.2, 0.25) is 0 Å². The van der Waals surface area contributed by atoms with Crippen LogP contribution in [0, 0.1) is 0 Å². The number of anilines is 1. The number of nitrogens with one attached hydrogen (secondary N) is 2. The van der Waals surface area contributed by atoms with Crippen molar-refractivity contribution in [2.45, 2.75) is 44.0 Å². The van der Waals surface area contributed by atoms with Crippen LogP contribution in [-0.2, 0) is 21.2 Å². The van der Waals surface area contributed by atoms with Crippen molar-refractivity contribution < 1.29 is 18.0 Å². The molecule has 148 valence electrons. The minimum atomic E-state index is -3.50. The van der Waals surface area contributed by atoms with Crippen LogP contribution in [0.4, 0.5) is 10.5 Å². The topological polar surface area (TPSA) is 98.8 Å². The lowest BCUT2D eigenvalue weighted by Gasteiger charge is -2.21. The average Bonchev–Trinajstić information content (AvgIpc) is 3.34. The van der Waals surface area contributed by atoms with Crippen molar-refractivity contribution >= 4 is 27.6 Å². The SMILES string of the molecule is CCN(CC)S(=O)(=O)c1ccc2c(c1)CCN2CC(=O)NC(=O)NC1CC1. The smallest absolute Gasteiger partial charge is 0.321 e. The molecule has 0 aromatic heterocycles. The summed E-state index contributed by atoms with van der Waals surface area (Å²) in [7, 11) is -3.50. The number of rotatable bonds is 7. The molecule has 1 aromatic rings. The van der Waals surface area contributed by atoms with Crippen molar-refractivity contribution in [1.29, 1.82) is 0 Å². The maximum absolute atomic E-state index is 12.7. The Labute approximate surface area is 160 Å². The molecule has 1 heterocycles. The van der Waals surface area contributed by atoms with Gasteiger partial charge in [-0.2, -0.15) is 4.31 Å². The Bertz CT molecular complexity index is 832. The predicted octanol–water partition coefficient (Wildman–Crippen LogP) is 1.07. The van der Waals surface area contributed by atoms with E-state index in [9.17, 15) is 18.0 Å². The summed E-state index contributed by atoms with van der Waals surface area (Å²) < 4.78 is 26.8. The number of fused-ring (bicyclic) bond motifs is 1. The average molecular weight is 394 g/mol. The first-order valence-electron chi connectivity index (χ1n) is 9.33. The van der Waals surface area contributed by atoms with Crippen LogP contribution < -0.4 is 15.5 Å². The minimum Gasteiger partial charge on any atom is -0.362 e. The number of carbonyl (C=O) groups is 2. The summed E-state index contributed by atoms with van der Waals surface area (Å²) in [5.41, 5.74) is 1.74. The molecule has 8 nitrogen and oxygen atoms in total. The number of amides is 3. The molecule has 0 bridgehead atoms. The standard InChI is InChI=1S/C18H26N4O4S/c1-3-22(4-2)27(25,26)15-7-8-16-13(11-15)9-10-21(16)12-17(23)20-18(24)19-14-5-6-14/h7-8,11,14H,3-6,9-10,12H2,1-2H3,(H2,19,20,23,24). The molecule has 0 saturated heterocycles. The van der Waals surface area contributed by atoms with E-state index in [1.165, 1.54) is 4.31 Å². The van der Waals surface area contributed by atoms with Crippen molar-refractivity contribution in [2.24, 2.45) is 0 Å². The summed E-state index contributed by atoms with van der Waals surface area (Å²) >= 11 is 0. The Hall–Kier alpha value is -2.13. The molecule has 0 radical (unpaired) electrons. The van der Waals surface area contributed by atoms with E-state index in [0.29, 0.717) is 26.1 Å². The second-order valence-corrected chi connectivity index (χ2v) is 8.79. The Morgan fingerprint density at radius 1 is 1.22 bits per heavy atom. The summed E-state index contributed by atoms with van der Waals surface area (Å²) in [5.74, 6) is -0.374. The Balaban J connectivity index is 1.67. The quantitative estimate of drug-likeness (QED) is 0.721. The Kier molecular flexibility index (Phi) is 5.71. The van der Waals surface area contributed by atoms with Gasteiger partial charge < -0.3 is 10.2 Å². The highest BCUT2D eigenvalue weighted by molar-refractivity contribution is 7.89. The predicted molar refractivity (Wildman–Crippen MR) is 102 cm³/mol. The van der Waals surface area contributed by atoms with E-state index in [-0.39, 0.29) is 23.4 Å². The van der Waals surface area contributed by atoms with Crippen LogP contribution in [0.1, 0.15) is 32.3 Å². The van der Waals surface area contributed by atoms with Gasteiger partial charge in [0.2, 0.25) is 15.9 Å². The fraction of sp³-hybridized carbons (Fsp3) is 0.556. The molecular formula is C18H26N4O4S. The van der Waals surface area contributed by atoms with E-state index in [0.717, 1.165) is 24.1 Å². The molecule has 27 heavy (non-hydrogen) atoms. The lowest BCUT2D eigenvalue weighted by molar-refractivity contribution is -0.118. The van der Waals surface area contributed by atoms with Gasteiger partial charge in [0, 0.05) is 31.4 Å². The van der Waals surface area contributed by atoms with Crippen LogP contribution in [0.15, 0.2) is 23.1 Å². The molecule has 0 unspecified atom stereocenters. The van der Waals surface area contributed by atoms with E-state index in [4.69, 9.17) is 0 Å². The van der Waals surface area contributed by atoms with Crippen LogP contribution >= 0.6 is 0 Å². The number of sulfonamides is 1. The molecule has 2 aliphatic rings. The summed E-state index contributed by atoms with van der Waals surface area (Å²) in [5, 5.41) is 5.06. The molecule has 0 atom stereocenters. The zero-order valence-electron chi connectivity index (χ0n) is 15.7. The molecule has 1 aliphatic heterocycles. The van der Waals surface area contributed by atoms with Gasteiger partial charge in [0.1, 0.15) is 0 Å². The van der Waals surface area contributed by atoms with E-state index < -0.39 is 16.1 Å². The molecule has 1 saturated carbocycles. The summed E-state index contributed by atoms with van der Waals surface area (Å²) in [6.07, 6.45) is 2.58. The zero-order chi connectivity index (χ0) is 19.6. The Morgan fingerprint density at radius 2 is 1.93 bits per heavy atom. The lowest BCUT2D eigenvalue weighted by atomic mass is 10.2. The van der Waals surface area contributed by atoms with Crippen molar-refractivity contribution in [3.05, 3.63) is 23.8 Å². The molecule has 1 aliphatic carbocycles. The second kappa shape index (κ2) is 7.85. The van der Waals surface area contributed by atoms with Crippen molar-refractivity contribution in [3.8, 4) is 0 Å². The second-order valence-electron chi connectivity index (χ2n) is 6.85. The number of urea groups is 1. The van der Waals surface area contributed by atoms with E-state index >= 15 is 0 Å². The molecule has 9 heteroatoms.